The van der Waals surface area contributed by atoms with E-state index in [4.69, 9.17) is 10.5 Å². The molecule has 0 unspecified atom stereocenters. The third kappa shape index (κ3) is 1.88. The molecule has 0 aromatic heterocycles. The van der Waals surface area contributed by atoms with Gasteiger partial charge in [0.15, 0.2) is 0 Å². The van der Waals surface area contributed by atoms with Crippen molar-refractivity contribution >= 4 is 5.91 Å². The molecule has 2 N–H and O–H groups in total. The highest BCUT2D eigenvalue weighted by Crippen LogP contribution is 2.23. The van der Waals surface area contributed by atoms with E-state index in [0.717, 1.165) is 29.8 Å². The number of ether oxygens (including phenoxy) is 1. The van der Waals surface area contributed by atoms with Crippen LogP contribution in [0.3, 0.4) is 0 Å². The highest BCUT2D eigenvalue weighted by atomic mass is 16.5. The van der Waals surface area contributed by atoms with Gasteiger partial charge in [-0.2, -0.15) is 0 Å². The molecule has 0 bridgehead atoms. The molecule has 0 fully saturated rings. The Balaban J connectivity index is 2.28. The number of amides is 1. The van der Waals surface area contributed by atoms with Gasteiger partial charge in [0.05, 0.1) is 7.11 Å². The summed E-state index contributed by atoms with van der Waals surface area (Å²) in [5.74, 6) is 0.883. The Morgan fingerprint density at radius 3 is 3.00 bits per heavy atom. The van der Waals surface area contributed by atoms with E-state index in [0.29, 0.717) is 13.1 Å². The van der Waals surface area contributed by atoms with Crippen LogP contribution in [0.15, 0.2) is 18.2 Å². The van der Waals surface area contributed by atoms with Crippen LogP contribution in [0.1, 0.15) is 15.9 Å². The predicted octanol–water partition coefficient (Wildman–Crippen LogP) is 0.652. The summed E-state index contributed by atoms with van der Waals surface area (Å²) >= 11 is 0. The van der Waals surface area contributed by atoms with Gasteiger partial charge in [0.2, 0.25) is 0 Å². The molecule has 1 aromatic rings. The maximum Gasteiger partial charge on any atom is 0.254 e. The van der Waals surface area contributed by atoms with Crippen molar-refractivity contribution in [1.82, 2.24) is 4.90 Å². The van der Waals surface area contributed by atoms with Gasteiger partial charge in [-0.25, -0.2) is 0 Å². The minimum atomic E-state index is 0.0781. The van der Waals surface area contributed by atoms with E-state index in [-0.39, 0.29) is 5.91 Å². The number of nitrogens with zero attached hydrogens (tertiary/aromatic N) is 1. The van der Waals surface area contributed by atoms with Crippen LogP contribution in [0.4, 0.5) is 0 Å². The minimum absolute atomic E-state index is 0.0781. The lowest BCUT2D eigenvalue weighted by Gasteiger charge is -2.28. The van der Waals surface area contributed by atoms with Crippen LogP contribution in [0.2, 0.25) is 0 Å². The molecule has 0 atom stereocenters. The van der Waals surface area contributed by atoms with Crippen LogP contribution < -0.4 is 10.5 Å². The molecule has 0 spiro atoms. The molecule has 4 heteroatoms. The Labute approximate surface area is 95.0 Å². The Kier molecular flexibility index (Phi) is 3.10. The molecule has 86 valence electrons. The maximum atomic E-state index is 12.0. The smallest absolute Gasteiger partial charge is 0.254 e. The summed E-state index contributed by atoms with van der Waals surface area (Å²) in [6, 6.07) is 5.59. The van der Waals surface area contributed by atoms with E-state index in [2.05, 4.69) is 0 Å². The average Bonchev–Trinajstić information content (AvgIpc) is 2.32. The number of carbonyl (C=O) groups is 1. The van der Waals surface area contributed by atoms with Crippen molar-refractivity contribution in [1.29, 1.82) is 0 Å². The molecular weight excluding hydrogens is 204 g/mol. The van der Waals surface area contributed by atoms with E-state index in [1.165, 1.54) is 0 Å². The zero-order chi connectivity index (χ0) is 11.5. The summed E-state index contributed by atoms with van der Waals surface area (Å²) in [6.07, 6.45) is 0.873. The summed E-state index contributed by atoms with van der Waals surface area (Å²) in [4.78, 5) is 13.8. The van der Waals surface area contributed by atoms with E-state index in [1.54, 1.807) is 12.0 Å². The first-order valence-corrected chi connectivity index (χ1v) is 5.42. The van der Waals surface area contributed by atoms with Crippen molar-refractivity contribution < 1.29 is 9.53 Å². The molecule has 0 saturated heterocycles. The quantitative estimate of drug-likeness (QED) is 0.813. The van der Waals surface area contributed by atoms with Gasteiger partial charge < -0.3 is 15.4 Å². The first kappa shape index (κ1) is 11.0. The molecule has 1 amide bonds. The second-order valence-electron chi connectivity index (χ2n) is 3.85. The van der Waals surface area contributed by atoms with E-state index >= 15 is 0 Å². The van der Waals surface area contributed by atoms with E-state index in [1.807, 2.05) is 18.2 Å². The second-order valence-corrected chi connectivity index (χ2v) is 3.85. The van der Waals surface area contributed by atoms with Crippen molar-refractivity contribution in [2.75, 3.05) is 26.7 Å². The van der Waals surface area contributed by atoms with Crippen LogP contribution in [0.25, 0.3) is 0 Å². The first-order chi connectivity index (χ1) is 7.76. The molecule has 16 heavy (non-hydrogen) atoms. The number of rotatable bonds is 3. The summed E-state index contributed by atoms with van der Waals surface area (Å²) in [6.45, 7) is 1.89. The number of benzene rings is 1. The Morgan fingerprint density at radius 2 is 2.31 bits per heavy atom. The van der Waals surface area contributed by atoms with Crippen molar-refractivity contribution in [2.45, 2.75) is 6.42 Å². The largest absolute Gasteiger partial charge is 0.497 e. The number of hydrogen-bond acceptors (Lipinski definition) is 3. The topological polar surface area (TPSA) is 55.6 Å². The molecular formula is C12H16N2O2. The first-order valence-electron chi connectivity index (χ1n) is 5.42. The van der Waals surface area contributed by atoms with E-state index < -0.39 is 0 Å². The molecule has 1 aromatic carbocycles. The molecule has 0 aliphatic carbocycles. The lowest BCUT2D eigenvalue weighted by Crippen LogP contribution is -2.40. The number of carbonyl (C=O) groups excluding carboxylic acids is 1. The maximum absolute atomic E-state index is 12.0. The fraction of sp³-hybridized carbons (Fsp3) is 0.417. The number of hydrogen-bond donors (Lipinski definition) is 1. The van der Waals surface area contributed by atoms with Crippen LogP contribution in [0.5, 0.6) is 5.75 Å². The van der Waals surface area contributed by atoms with Gasteiger partial charge in [-0.3, -0.25) is 4.79 Å². The average molecular weight is 220 g/mol. The third-order valence-electron chi connectivity index (χ3n) is 2.88. The Bertz CT molecular complexity index is 404. The van der Waals surface area contributed by atoms with Crippen LogP contribution in [-0.4, -0.2) is 37.6 Å². The zero-order valence-corrected chi connectivity index (χ0v) is 9.40. The van der Waals surface area contributed by atoms with Crippen LogP contribution in [0, 0.1) is 0 Å². The summed E-state index contributed by atoms with van der Waals surface area (Å²) in [5.41, 5.74) is 7.32. The lowest BCUT2D eigenvalue weighted by atomic mass is 9.99. The van der Waals surface area contributed by atoms with Gasteiger partial charge in [0.1, 0.15) is 5.75 Å². The molecule has 0 saturated carbocycles. The molecule has 1 aliphatic rings. The van der Waals surface area contributed by atoms with Gasteiger partial charge >= 0.3 is 0 Å². The Hall–Kier alpha value is -1.55. The van der Waals surface area contributed by atoms with Gasteiger partial charge in [-0.1, -0.05) is 0 Å². The number of methoxy groups -OCH3 is 1. The highest BCUT2D eigenvalue weighted by molar-refractivity contribution is 5.96. The molecule has 1 aliphatic heterocycles. The lowest BCUT2D eigenvalue weighted by molar-refractivity contribution is 0.0744. The van der Waals surface area contributed by atoms with Crippen molar-refractivity contribution in [3.8, 4) is 5.75 Å². The summed E-state index contributed by atoms with van der Waals surface area (Å²) < 4.78 is 5.14. The van der Waals surface area contributed by atoms with Crippen molar-refractivity contribution in [2.24, 2.45) is 5.73 Å². The van der Waals surface area contributed by atoms with Gasteiger partial charge in [-0.15, -0.1) is 0 Å². The van der Waals surface area contributed by atoms with Crippen molar-refractivity contribution in [3.63, 3.8) is 0 Å². The third-order valence-corrected chi connectivity index (χ3v) is 2.88. The molecule has 2 rings (SSSR count). The zero-order valence-electron chi connectivity index (χ0n) is 9.40. The minimum Gasteiger partial charge on any atom is -0.497 e. The molecule has 0 radical (unpaired) electrons. The van der Waals surface area contributed by atoms with Crippen LogP contribution in [-0.2, 0) is 6.42 Å². The fourth-order valence-corrected chi connectivity index (χ4v) is 2.01. The molecule has 1 heterocycles. The van der Waals surface area contributed by atoms with Gasteiger partial charge in [-0.05, 0) is 30.2 Å². The monoisotopic (exact) mass is 220 g/mol. The SMILES string of the molecule is COc1ccc2c(c1)CCN(CCN)C2=O. The molecule has 4 nitrogen and oxygen atoms in total. The van der Waals surface area contributed by atoms with Gasteiger partial charge in [0, 0.05) is 25.2 Å². The highest BCUT2D eigenvalue weighted by Gasteiger charge is 2.23. The van der Waals surface area contributed by atoms with Crippen LogP contribution >= 0.6 is 0 Å². The summed E-state index contributed by atoms with van der Waals surface area (Å²) in [5, 5.41) is 0. The van der Waals surface area contributed by atoms with Crippen molar-refractivity contribution in [3.05, 3.63) is 29.3 Å². The second kappa shape index (κ2) is 4.53. The normalized spacial score (nSPS) is 14.9. The number of nitrogens with two attached hydrogens (primary N) is 1. The standard InChI is InChI=1S/C12H16N2O2/c1-16-10-2-3-11-9(8-10)4-6-14(7-5-13)12(11)15/h2-3,8H,4-7,13H2,1H3. The van der Waals surface area contributed by atoms with E-state index in [9.17, 15) is 4.79 Å². The van der Waals surface area contributed by atoms with Gasteiger partial charge in [0.25, 0.3) is 5.91 Å². The fourth-order valence-electron chi connectivity index (χ4n) is 2.01. The predicted molar refractivity (Wildman–Crippen MR) is 61.7 cm³/mol. The summed E-state index contributed by atoms with van der Waals surface area (Å²) in [7, 11) is 1.63. The number of fused-ring (bicyclic) bond motifs is 1. The Morgan fingerprint density at radius 1 is 1.50 bits per heavy atom.